The molecule has 3 unspecified atom stereocenters. The van der Waals surface area contributed by atoms with Crippen molar-refractivity contribution in [1.29, 1.82) is 0 Å². The predicted molar refractivity (Wildman–Crippen MR) is 82.7 cm³/mol. The summed E-state index contributed by atoms with van der Waals surface area (Å²) in [6.07, 6.45) is 5.82. The molecule has 0 radical (unpaired) electrons. The summed E-state index contributed by atoms with van der Waals surface area (Å²) in [7, 11) is 0. The molecule has 2 fully saturated rings. The highest BCUT2D eigenvalue weighted by Gasteiger charge is 2.23. The second-order valence-electron chi connectivity index (χ2n) is 6.76. The Hall–Kier alpha value is -0.610. The van der Waals surface area contributed by atoms with Crippen molar-refractivity contribution in [3.8, 4) is 0 Å². The molecule has 116 valence electrons. The van der Waals surface area contributed by atoms with Crippen LogP contribution in [0, 0.1) is 11.8 Å². The van der Waals surface area contributed by atoms with E-state index in [1.807, 2.05) is 0 Å². The Morgan fingerprint density at radius 1 is 1.30 bits per heavy atom. The molecular formula is C16H31N3O. The molecule has 0 bridgehead atoms. The lowest BCUT2D eigenvalue weighted by Gasteiger charge is -2.28. The molecule has 2 N–H and O–H groups in total. The zero-order valence-electron chi connectivity index (χ0n) is 13.2. The number of nitrogens with zero attached hydrogens (tertiary/aromatic N) is 1. The van der Waals surface area contributed by atoms with Crippen LogP contribution < -0.4 is 10.6 Å². The summed E-state index contributed by atoms with van der Waals surface area (Å²) < 4.78 is 0. The summed E-state index contributed by atoms with van der Waals surface area (Å²) >= 11 is 0. The highest BCUT2D eigenvalue weighted by molar-refractivity contribution is 5.76. The number of carbonyl (C=O) groups excluding carboxylic acids is 1. The molecule has 0 spiro atoms. The van der Waals surface area contributed by atoms with Crippen LogP contribution in [0.15, 0.2) is 0 Å². The van der Waals surface area contributed by atoms with E-state index in [1.165, 1.54) is 38.8 Å². The largest absolute Gasteiger partial charge is 0.352 e. The molecule has 2 rings (SSSR count). The molecule has 4 heteroatoms. The predicted octanol–water partition coefficient (Wildman–Crippen LogP) is 1.61. The first-order chi connectivity index (χ1) is 9.65. The summed E-state index contributed by atoms with van der Waals surface area (Å²) in [4.78, 5) is 14.6. The zero-order chi connectivity index (χ0) is 14.4. The van der Waals surface area contributed by atoms with Crippen LogP contribution in [0.25, 0.3) is 0 Å². The lowest BCUT2D eigenvalue weighted by molar-refractivity contribution is -0.123. The van der Waals surface area contributed by atoms with Crippen molar-refractivity contribution in [2.24, 2.45) is 11.8 Å². The molecule has 3 atom stereocenters. The van der Waals surface area contributed by atoms with Crippen molar-refractivity contribution in [2.75, 3.05) is 32.7 Å². The van der Waals surface area contributed by atoms with Gasteiger partial charge in [-0.15, -0.1) is 0 Å². The summed E-state index contributed by atoms with van der Waals surface area (Å²) in [5.41, 5.74) is 0. The van der Waals surface area contributed by atoms with Crippen LogP contribution in [0.2, 0.25) is 0 Å². The number of nitrogens with one attached hydrogen (secondary N) is 2. The van der Waals surface area contributed by atoms with Crippen molar-refractivity contribution in [3.05, 3.63) is 0 Å². The van der Waals surface area contributed by atoms with E-state index in [0.717, 1.165) is 19.6 Å². The maximum absolute atomic E-state index is 12.1. The van der Waals surface area contributed by atoms with E-state index in [-0.39, 0.29) is 11.9 Å². The third kappa shape index (κ3) is 5.06. The topological polar surface area (TPSA) is 44.4 Å². The van der Waals surface area contributed by atoms with Crippen molar-refractivity contribution in [3.63, 3.8) is 0 Å². The summed E-state index contributed by atoms with van der Waals surface area (Å²) in [5.74, 6) is 1.39. The number of amides is 1. The SMILES string of the molecule is CC(CN1CCCC1)NC(=O)CC(C)C1CCCNC1. The number of carbonyl (C=O) groups is 1. The van der Waals surface area contributed by atoms with E-state index in [1.54, 1.807) is 0 Å². The number of rotatable bonds is 6. The average Bonchev–Trinajstić information content (AvgIpc) is 2.92. The number of hydrogen-bond donors (Lipinski definition) is 2. The Bertz CT molecular complexity index is 296. The second-order valence-corrected chi connectivity index (χ2v) is 6.76. The van der Waals surface area contributed by atoms with E-state index >= 15 is 0 Å². The Morgan fingerprint density at radius 3 is 2.70 bits per heavy atom. The molecule has 0 saturated carbocycles. The minimum Gasteiger partial charge on any atom is -0.352 e. The van der Waals surface area contributed by atoms with Crippen LogP contribution in [0.5, 0.6) is 0 Å². The first-order valence-corrected chi connectivity index (χ1v) is 8.37. The van der Waals surface area contributed by atoms with Crippen molar-refractivity contribution in [2.45, 2.75) is 52.0 Å². The number of piperidine rings is 1. The molecule has 2 aliphatic rings. The molecule has 2 heterocycles. The maximum atomic E-state index is 12.1. The van der Waals surface area contributed by atoms with E-state index in [2.05, 4.69) is 29.4 Å². The van der Waals surface area contributed by atoms with Gasteiger partial charge in [-0.25, -0.2) is 0 Å². The molecule has 0 aromatic rings. The Kier molecular flexibility index (Phi) is 6.30. The molecular weight excluding hydrogens is 250 g/mol. The normalized spacial score (nSPS) is 27.2. The van der Waals surface area contributed by atoms with Gasteiger partial charge in [-0.05, 0) is 70.6 Å². The number of likely N-dealkylation sites (tertiary alicyclic amines) is 1. The monoisotopic (exact) mass is 281 g/mol. The first-order valence-electron chi connectivity index (χ1n) is 8.37. The van der Waals surface area contributed by atoms with Gasteiger partial charge in [0.25, 0.3) is 0 Å². The number of hydrogen-bond acceptors (Lipinski definition) is 3. The minimum absolute atomic E-state index is 0.231. The summed E-state index contributed by atoms with van der Waals surface area (Å²) in [6.45, 7) is 9.98. The van der Waals surface area contributed by atoms with E-state index in [0.29, 0.717) is 18.3 Å². The molecule has 2 aliphatic heterocycles. The Labute approximate surface area is 123 Å². The lowest BCUT2D eigenvalue weighted by Crippen LogP contribution is -2.42. The highest BCUT2D eigenvalue weighted by atomic mass is 16.1. The van der Waals surface area contributed by atoms with Crippen LogP contribution >= 0.6 is 0 Å². The van der Waals surface area contributed by atoms with Gasteiger partial charge < -0.3 is 15.5 Å². The van der Waals surface area contributed by atoms with Gasteiger partial charge in [-0.3, -0.25) is 4.79 Å². The van der Waals surface area contributed by atoms with Gasteiger partial charge in [0.1, 0.15) is 0 Å². The molecule has 0 aromatic heterocycles. The standard InChI is InChI=1S/C16H31N3O/c1-13(15-6-5-7-17-11-15)10-16(20)18-14(2)12-19-8-3-4-9-19/h13-15,17H,3-12H2,1-2H3,(H,18,20). The van der Waals surface area contributed by atoms with Crippen LogP contribution in [0.3, 0.4) is 0 Å². The zero-order valence-corrected chi connectivity index (χ0v) is 13.2. The van der Waals surface area contributed by atoms with E-state index in [4.69, 9.17) is 0 Å². The van der Waals surface area contributed by atoms with Crippen molar-refractivity contribution in [1.82, 2.24) is 15.5 Å². The molecule has 2 saturated heterocycles. The minimum atomic E-state index is 0.231. The van der Waals surface area contributed by atoms with Gasteiger partial charge in [0.05, 0.1) is 0 Å². The molecule has 0 aromatic carbocycles. The van der Waals surface area contributed by atoms with Gasteiger partial charge >= 0.3 is 0 Å². The van der Waals surface area contributed by atoms with Crippen molar-refractivity contribution >= 4 is 5.91 Å². The van der Waals surface area contributed by atoms with Gasteiger partial charge in [-0.2, -0.15) is 0 Å². The van der Waals surface area contributed by atoms with Crippen molar-refractivity contribution < 1.29 is 4.79 Å². The van der Waals surface area contributed by atoms with Gasteiger partial charge in [0, 0.05) is 19.0 Å². The lowest BCUT2D eigenvalue weighted by atomic mass is 9.85. The quantitative estimate of drug-likeness (QED) is 0.777. The van der Waals surface area contributed by atoms with Crippen LogP contribution in [-0.4, -0.2) is 49.6 Å². The van der Waals surface area contributed by atoms with Gasteiger partial charge in [0.2, 0.25) is 5.91 Å². The molecule has 0 aliphatic carbocycles. The van der Waals surface area contributed by atoms with Gasteiger partial charge in [-0.1, -0.05) is 6.92 Å². The van der Waals surface area contributed by atoms with E-state index in [9.17, 15) is 4.79 Å². The first kappa shape index (κ1) is 15.8. The molecule has 1 amide bonds. The van der Waals surface area contributed by atoms with E-state index < -0.39 is 0 Å². The smallest absolute Gasteiger partial charge is 0.220 e. The molecule has 20 heavy (non-hydrogen) atoms. The Morgan fingerprint density at radius 2 is 2.05 bits per heavy atom. The van der Waals surface area contributed by atoms with Gasteiger partial charge in [0.15, 0.2) is 0 Å². The van der Waals surface area contributed by atoms with Crippen LogP contribution in [0.1, 0.15) is 46.0 Å². The fourth-order valence-electron chi connectivity index (χ4n) is 3.56. The fraction of sp³-hybridized carbons (Fsp3) is 0.938. The second kappa shape index (κ2) is 7.99. The van der Waals surface area contributed by atoms with Crippen LogP contribution in [0.4, 0.5) is 0 Å². The highest BCUT2D eigenvalue weighted by Crippen LogP contribution is 2.22. The summed E-state index contributed by atoms with van der Waals surface area (Å²) in [6, 6.07) is 0.275. The third-order valence-electron chi connectivity index (χ3n) is 4.79. The van der Waals surface area contributed by atoms with Crippen LogP contribution in [-0.2, 0) is 4.79 Å². The third-order valence-corrected chi connectivity index (χ3v) is 4.79. The Balaban J connectivity index is 1.65. The maximum Gasteiger partial charge on any atom is 0.220 e. The fourth-order valence-corrected chi connectivity index (χ4v) is 3.56. The average molecular weight is 281 g/mol. The molecule has 4 nitrogen and oxygen atoms in total. The summed E-state index contributed by atoms with van der Waals surface area (Å²) in [5, 5.41) is 6.62.